The van der Waals surface area contributed by atoms with Crippen molar-refractivity contribution in [2.24, 2.45) is 0 Å². The maximum atomic E-state index is 11.7. The van der Waals surface area contributed by atoms with Gasteiger partial charge in [-0.15, -0.1) is 0 Å². The number of fused-ring (bicyclic) bond motifs is 1. The van der Waals surface area contributed by atoms with Gasteiger partial charge in [0.2, 0.25) is 0 Å². The van der Waals surface area contributed by atoms with Gasteiger partial charge in [-0.1, -0.05) is 0 Å². The van der Waals surface area contributed by atoms with Crippen molar-refractivity contribution in [3.8, 4) is 0 Å². The number of aromatic amines is 1. The molecule has 1 N–H and O–H groups in total. The number of nitrogens with one attached hydrogen (secondary N) is 1. The second kappa shape index (κ2) is 5.44. The molecule has 110 valence electrons. The van der Waals surface area contributed by atoms with Gasteiger partial charge in [0, 0.05) is 38.6 Å². The highest BCUT2D eigenvalue weighted by Gasteiger charge is 2.33. The number of aryl methyl sites for hydroxylation is 1. The molecule has 6 nitrogen and oxygen atoms in total. The van der Waals surface area contributed by atoms with Gasteiger partial charge in [0.25, 0.3) is 0 Å². The Hall–Kier alpha value is -1.56. The van der Waals surface area contributed by atoms with E-state index in [0.717, 1.165) is 44.8 Å². The number of imidazole rings is 1. The van der Waals surface area contributed by atoms with Crippen LogP contribution in [0.3, 0.4) is 0 Å². The van der Waals surface area contributed by atoms with Crippen LogP contribution >= 0.6 is 0 Å². The Morgan fingerprint density at radius 2 is 2.35 bits per heavy atom. The number of rotatable bonds is 2. The van der Waals surface area contributed by atoms with Gasteiger partial charge in [0.15, 0.2) is 0 Å². The number of ether oxygens (including phenoxy) is 1. The number of nitrogens with zero attached hydrogens (tertiary/aromatic N) is 3. The first-order chi connectivity index (χ1) is 9.67. The standard InChI is InChI=1S/C14H22N4O2/c1-3-20-14(19)18-6-4-11(8-18)17-7-5-12-13(9-17)16-10(2)15-12/h11H,3-9H2,1-2H3,(H,15,16). The summed E-state index contributed by atoms with van der Waals surface area (Å²) in [6.07, 6.45) is 1.85. The minimum atomic E-state index is -0.176. The zero-order valence-electron chi connectivity index (χ0n) is 12.2. The van der Waals surface area contributed by atoms with E-state index >= 15 is 0 Å². The first-order valence-corrected chi connectivity index (χ1v) is 7.37. The molecule has 2 aliphatic rings. The molecule has 1 aromatic heterocycles. The van der Waals surface area contributed by atoms with Crippen LogP contribution in [0.15, 0.2) is 0 Å². The molecule has 0 aliphatic carbocycles. The summed E-state index contributed by atoms with van der Waals surface area (Å²) in [7, 11) is 0. The van der Waals surface area contributed by atoms with Crippen LogP contribution in [0, 0.1) is 6.92 Å². The van der Waals surface area contributed by atoms with Crippen LogP contribution in [-0.4, -0.2) is 58.1 Å². The van der Waals surface area contributed by atoms with Gasteiger partial charge >= 0.3 is 6.09 Å². The fourth-order valence-corrected chi connectivity index (χ4v) is 3.19. The third kappa shape index (κ3) is 2.52. The maximum absolute atomic E-state index is 11.7. The average molecular weight is 278 g/mol. The van der Waals surface area contributed by atoms with E-state index in [1.807, 2.05) is 18.7 Å². The quantitative estimate of drug-likeness (QED) is 0.886. The van der Waals surface area contributed by atoms with Gasteiger partial charge in [0.1, 0.15) is 5.82 Å². The summed E-state index contributed by atoms with van der Waals surface area (Å²) in [5.41, 5.74) is 2.45. The normalized spacial score (nSPS) is 22.9. The molecule has 1 fully saturated rings. The maximum Gasteiger partial charge on any atom is 0.409 e. The van der Waals surface area contributed by atoms with Crippen molar-refractivity contribution in [3.05, 3.63) is 17.2 Å². The lowest BCUT2D eigenvalue weighted by Gasteiger charge is -2.31. The summed E-state index contributed by atoms with van der Waals surface area (Å²) < 4.78 is 5.07. The van der Waals surface area contributed by atoms with Crippen molar-refractivity contribution in [1.29, 1.82) is 0 Å². The Bertz CT molecular complexity index is 499. The summed E-state index contributed by atoms with van der Waals surface area (Å²) in [5, 5.41) is 0. The van der Waals surface area contributed by atoms with E-state index in [1.165, 1.54) is 11.4 Å². The van der Waals surface area contributed by atoms with Crippen molar-refractivity contribution < 1.29 is 9.53 Å². The summed E-state index contributed by atoms with van der Waals surface area (Å²) in [6, 6.07) is 0.441. The Morgan fingerprint density at radius 3 is 3.15 bits per heavy atom. The van der Waals surface area contributed by atoms with Crippen LogP contribution in [0.5, 0.6) is 0 Å². The van der Waals surface area contributed by atoms with E-state index in [1.54, 1.807) is 0 Å². The minimum Gasteiger partial charge on any atom is -0.450 e. The zero-order chi connectivity index (χ0) is 14.1. The second-order valence-corrected chi connectivity index (χ2v) is 5.56. The molecular weight excluding hydrogens is 256 g/mol. The number of likely N-dealkylation sites (tertiary alicyclic amines) is 1. The van der Waals surface area contributed by atoms with E-state index in [-0.39, 0.29) is 6.09 Å². The van der Waals surface area contributed by atoms with Crippen molar-refractivity contribution in [3.63, 3.8) is 0 Å². The smallest absolute Gasteiger partial charge is 0.409 e. The molecule has 0 spiro atoms. The van der Waals surface area contributed by atoms with E-state index < -0.39 is 0 Å². The van der Waals surface area contributed by atoms with Gasteiger partial charge in [0.05, 0.1) is 18.0 Å². The lowest BCUT2D eigenvalue weighted by molar-refractivity contribution is 0.109. The Morgan fingerprint density at radius 1 is 1.50 bits per heavy atom. The fraction of sp³-hybridized carbons (Fsp3) is 0.714. The molecule has 1 saturated heterocycles. The van der Waals surface area contributed by atoms with Crippen molar-refractivity contribution >= 4 is 6.09 Å². The average Bonchev–Trinajstić information content (AvgIpc) is 3.02. The number of carbonyl (C=O) groups excluding carboxylic acids is 1. The van der Waals surface area contributed by atoms with E-state index in [4.69, 9.17) is 4.74 Å². The molecule has 6 heteroatoms. The van der Waals surface area contributed by atoms with Gasteiger partial charge in [-0.05, 0) is 20.3 Å². The van der Waals surface area contributed by atoms with E-state index in [2.05, 4.69) is 14.9 Å². The highest BCUT2D eigenvalue weighted by atomic mass is 16.6. The minimum absolute atomic E-state index is 0.176. The van der Waals surface area contributed by atoms with Crippen LogP contribution < -0.4 is 0 Å². The zero-order valence-corrected chi connectivity index (χ0v) is 12.2. The molecule has 0 radical (unpaired) electrons. The van der Waals surface area contributed by atoms with Crippen LogP contribution in [0.2, 0.25) is 0 Å². The van der Waals surface area contributed by atoms with Crippen molar-refractivity contribution in [1.82, 2.24) is 19.8 Å². The molecule has 1 unspecified atom stereocenters. The van der Waals surface area contributed by atoms with E-state index in [9.17, 15) is 4.79 Å². The lowest BCUT2D eigenvalue weighted by Crippen LogP contribution is -2.41. The molecule has 0 bridgehead atoms. The molecule has 20 heavy (non-hydrogen) atoms. The number of aromatic nitrogens is 2. The number of H-pyrrole nitrogens is 1. The number of amides is 1. The lowest BCUT2D eigenvalue weighted by atomic mass is 10.1. The van der Waals surface area contributed by atoms with Crippen LogP contribution in [-0.2, 0) is 17.7 Å². The van der Waals surface area contributed by atoms with Gasteiger partial charge in [-0.3, -0.25) is 4.90 Å². The van der Waals surface area contributed by atoms with Crippen molar-refractivity contribution in [2.45, 2.75) is 39.3 Å². The molecule has 2 aliphatic heterocycles. The highest BCUT2D eigenvalue weighted by molar-refractivity contribution is 5.68. The molecule has 1 aromatic rings. The third-order valence-corrected chi connectivity index (χ3v) is 4.19. The number of hydrogen-bond acceptors (Lipinski definition) is 4. The molecule has 0 saturated carbocycles. The Kier molecular flexibility index (Phi) is 3.65. The fourth-order valence-electron chi connectivity index (χ4n) is 3.19. The molecule has 0 aromatic carbocycles. The van der Waals surface area contributed by atoms with Crippen LogP contribution in [0.25, 0.3) is 0 Å². The summed E-state index contributed by atoms with van der Waals surface area (Å²) in [6.45, 7) is 7.81. The topological polar surface area (TPSA) is 61.5 Å². The third-order valence-electron chi connectivity index (χ3n) is 4.19. The van der Waals surface area contributed by atoms with Gasteiger partial charge in [-0.2, -0.15) is 0 Å². The SMILES string of the molecule is CCOC(=O)N1CCC(N2CCc3nc(C)[nH]c3C2)C1. The Labute approximate surface area is 119 Å². The monoisotopic (exact) mass is 278 g/mol. The molecular formula is C14H22N4O2. The van der Waals surface area contributed by atoms with Crippen molar-refractivity contribution in [2.75, 3.05) is 26.2 Å². The van der Waals surface area contributed by atoms with Gasteiger partial charge in [-0.25, -0.2) is 9.78 Å². The summed E-state index contributed by atoms with van der Waals surface area (Å²) in [4.78, 5) is 23.9. The summed E-state index contributed by atoms with van der Waals surface area (Å²) in [5.74, 6) is 0.997. The van der Waals surface area contributed by atoms with E-state index in [0.29, 0.717) is 12.6 Å². The molecule has 1 amide bonds. The van der Waals surface area contributed by atoms with Crippen LogP contribution in [0.1, 0.15) is 30.6 Å². The first kappa shape index (κ1) is 13.4. The predicted molar refractivity (Wildman–Crippen MR) is 74.4 cm³/mol. The molecule has 1 atom stereocenters. The molecule has 3 heterocycles. The Balaban J connectivity index is 1.60. The summed E-state index contributed by atoms with van der Waals surface area (Å²) >= 11 is 0. The second-order valence-electron chi connectivity index (χ2n) is 5.56. The highest BCUT2D eigenvalue weighted by Crippen LogP contribution is 2.23. The molecule has 3 rings (SSSR count). The van der Waals surface area contributed by atoms with Crippen LogP contribution in [0.4, 0.5) is 4.79 Å². The predicted octanol–water partition coefficient (Wildman–Crippen LogP) is 1.31. The first-order valence-electron chi connectivity index (χ1n) is 7.37. The number of carbonyl (C=O) groups is 1. The number of hydrogen-bond donors (Lipinski definition) is 1. The largest absolute Gasteiger partial charge is 0.450 e. The van der Waals surface area contributed by atoms with Gasteiger partial charge < -0.3 is 14.6 Å².